The van der Waals surface area contributed by atoms with Crippen LogP contribution in [0, 0.1) is 6.92 Å². The highest BCUT2D eigenvalue weighted by atomic mass is 32.1. The van der Waals surface area contributed by atoms with E-state index in [9.17, 15) is 9.59 Å². The molecular weight excluding hydrogens is 228 g/mol. The number of ether oxygens (including phenoxy) is 1. The molecule has 0 radical (unpaired) electrons. The first kappa shape index (κ1) is 12.4. The Balaban J connectivity index is 2.44. The minimum Gasteiger partial charge on any atom is -0.463 e. The number of nitrogens with one attached hydrogen (secondary N) is 1. The van der Waals surface area contributed by atoms with Crippen LogP contribution in [0.1, 0.15) is 12.6 Å². The number of carbonyl (C=O) groups is 2. The summed E-state index contributed by atoms with van der Waals surface area (Å²) in [5, 5.41) is 4.87. The Bertz CT molecular complexity index is 412. The van der Waals surface area contributed by atoms with Gasteiger partial charge in [0.05, 0.1) is 12.3 Å². The molecule has 16 heavy (non-hydrogen) atoms. The first-order chi connectivity index (χ1) is 7.61. The predicted molar refractivity (Wildman–Crippen MR) is 61.3 cm³/mol. The minimum atomic E-state index is -0.534. The van der Waals surface area contributed by atoms with Gasteiger partial charge < -0.3 is 4.74 Å². The van der Waals surface area contributed by atoms with Crippen LogP contribution in [-0.2, 0) is 14.3 Å². The molecule has 1 rings (SSSR count). The molecule has 0 fully saturated rings. The molecule has 1 N–H and O–H groups in total. The highest BCUT2D eigenvalue weighted by Gasteiger charge is 2.02. The summed E-state index contributed by atoms with van der Waals surface area (Å²) in [6.45, 7) is 3.82. The molecule has 1 aromatic heterocycles. The smallest absolute Gasteiger partial charge is 0.330 e. The number of aryl methyl sites for hydroxylation is 1. The Morgan fingerprint density at radius 1 is 1.56 bits per heavy atom. The Morgan fingerprint density at radius 3 is 2.88 bits per heavy atom. The highest BCUT2D eigenvalue weighted by molar-refractivity contribution is 7.13. The molecule has 0 spiro atoms. The fourth-order valence-corrected chi connectivity index (χ4v) is 1.58. The van der Waals surface area contributed by atoms with Crippen LogP contribution in [0.25, 0.3) is 0 Å². The molecule has 0 unspecified atom stereocenters. The topological polar surface area (TPSA) is 68.3 Å². The van der Waals surface area contributed by atoms with Gasteiger partial charge >= 0.3 is 5.97 Å². The van der Waals surface area contributed by atoms with Gasteiger partial charge in [0.15, 0.2) is 5.13 Å². The monoisotopic (exact) mass is 240 g/mol. The van der Waals surface area contributed by atoms with Gasteiger partial charge in [0.1, 0.15) is 0 Å². The molecule has 5 nitrogen and oxygen atoms in total. The molecule has 1 aromatic rings. The lowest BCUT2D eigenvalue weighted by molar-refractivity contribution is -0.137. The van der Waals surface area contributed by atoms with E-state index in [-0.39, 0.29) is 6.61 Å². The maximum Gasteiger partial charge on any atom is 0.330 e. The zero-order chi connectivity index (χ0) is 12.0. The van der Waals surface area contributed by atoms with E-state index in [2.05, 4.69) is 15.0 Å². The molecule has 0 saturated carbocycles. The molecule has 1 amide bonds. The number of hydrogen-bond donors (Lipinski definition) is 1. The number of esters is 1. The number of carbonyl (C=O) groups excluding carboxylic acids is 2. The van der Waals surface area contributed by atoms with E-state index in [1.807, 2.05) is 12.3 Å². The lowest BCUT2D eigenvalue weighted by Crippen LogP contribution is -2.09. The van der Waals surface area contributed by atoms with Gasteiger partial charge in [-0.3, -0.25) is 10.1 Å². The second-order valence-electron chi connectivity index (χ2n) is 2.87. The van der Waals surface area contributed by atoms with Crippen LogP contribution < -0.4 is 5.32 Å². The summed E-state index contributed by atoms with van der Waals surface area (Å²) >= 11 is 1.33. The number of thiazole rings is 1. The zero-order valence-electron chi connectivity index (χ0n) is 9.02. The van der Waals surface area contributed by atoms with Crippen molar-refractivity contribution in [3.63, 3.8) is 0 Å². The SMILES string of the molecule is CCOC(=O)/C=C/C(=O)Nc1nc(C)cs1. The normalized spacial score (nSPS) is 10.4. The molecule has 86 valence electrons. The Kier molecular flexibility index (Phi) is 4.65. The van der Waals surface area contributed by atoms with Crippen LogP contribution in [0.3, 0.4) is 0 Å². The fourth-order valence-electron chi connectivity index (χ4n) is 0.893. The van der Waals surface area contributed by atoms with E-state index < -0.39 is 11.9 Å². The molecule has 6 heteroatoms. The van der Waals surface area contributed by atoms with E-state index in [0.29, 0.717) is 5.13 Å². The van der Waals surface area contributed by atoms with Gasteiger partial charge in [-0.05, 0) is 13.8 Å². The lowest BCUT2D eigenvalue weighted by atomic mass is 10.5. The average molecular weight is 240 g/mol. The van der Waals surface area contributed by atoms with Gasteiger partial charge in [-0.1, -0.05) is 0 Å². The molecule has 0 saturated heterocycles. The van der Waals surface area contributed by atoms with Gasteiger partial charge in [-0.15, -0.1) is 11.3 Å². The number of aromatic nitrogens is 1. The standard InChI is InChI=1S/C10H12N2O3S/c1-3-15-9(14)5-4-8(13)12-10-11-7(2)6-16-10/h4-6H,3H2,1-2H3,(H,11,12,13)/b5-4+. The minimum absolute atomic E-state index is 0.288. The summed E-state index contributed by atoms with van der Waals surface area (Å²) in [5.74, 6) is -0.935. The number of anilines is 1. The van der Waals surface area contributed by atoms with Crippen LogP contribution in [-0.4, -0.2) is 23.5 Å². The van der Waals surface area contributed by atoms with Crippen LogP contribution in [0.2, 0.25) is 0 Å². The summed E-state index contributed by atoms with van der Waals surface area (Å²) in [5.41, 5.74) is 0.842. The zero-order valence-corrected chi connectivity index (χ0v) is 9.84. The second-order valence-corrected chi connectivity index (χ2v) is 3.73. The average Bonchev–Trinajstić information content (AvgIpc) is 2.61. The van der Waals surface area contributed by atoms with Crippen LogP contribution in [0.5, 0.6) is 0 Å². The van der Waals surface area contributed by atoms with E-state index in [4.69, 9.17) is 0 Å². The van der Waals surface area contributed by atoms with Crippen molar-refractivity contribution < 1.29 is 14.3 Å². The number of nitrogens with zero attached hydrogens (tertiary/aromatic N) is 1. The molecule has 0 aliphatic carbocycles. The summed E-state index contributed by atoms with van der Waals surface area (Å²) in [7, 11) is 0. The van der Waals surface area contributed by atoms with Crippen molar-refractivity contribution in [3.05, 3.63) is 23.2 Å². The largest absolute Gasteiger partial charge is 0.463 e. The molecule has 0 aliphatic rings. The molecule has 0 atom stereocenters. The summed E-state index contributed by atoms with van der Waals surface area (Å²) in [4.78, 5) is 26.2. The van der Waals surface area contributed by atoms with Crippen molar-refractivity contribution in [2.24, 2.45) is 0 Å². The molecule has 0 aliphatic heterocycles. The number of rotatable bonds is 4. The van der Waals surface area contributed by atoms with Crippen molar-refractivity contribution in [1.29, 1.82) is 0 Å². The van der Waals surface area contributed by atoms with Gasteiger partial charge in [0, 0.05) is 17.5 Å². The van der Waals surface area contributed by atoms with E-state index in [0.717, 1.165) is 17.8 Å². The van der Waals surface area contributed by atoms with Gasteiger partial charge in [-0.25, -0.2) is 9.78 Å². The number of amides is 1. The van der Waals surface area contributed by atoms with Crippen molar-refractivity contribution in [1.82, 2.24) is 4.98 Å². The third kappa shape index (κ3) is 4.22. The fraction of sp³-hybridized carbons (Fsp3) is 0.300. The number of hydrogen-bond acceptors (Lipinski definition) is 5. The highest BCUT2D eigenvalue weighted by Crippen LogP contribution is 2.13. The van der Waals surface area contributed by atoms with Crippen molar-refractivity contribution in [2.45, 2.75) is 13.8 Å². The van der Waals surface area contributed by atoms with Gasteiger partial charge in [0.2, 0.25) is 5.91 Å². The third-order valence-corrected chi connectivity index (χ3v) is 2.38. The van der Waals surface area contributed by atoms with E-state index in [1.165, 1.54) is 11.3 Å². The van der Waals surface area contributed by atoms with Crippen molar-refractivity contribution >= 4 is 28.3 Å². The van der Waals surface area contributed by atoms with Crippen LogP contribution in [0.4, 0.5) is 5.13 Å². The maximum absolute atomic E-state index is 11.3. The van der Waals surface area contributed by atoms with Gasteiger partial charge in [0.25, 0.3) is 0 Å². The maximum atomic E-state index is 11.3. The second kappa shape index (κ2) is 6.02. The molecule has 0 bridgehead atoms. The first-order valence-corrected chi connectivity index (χ1v) is 5.57. The quantitative estimate of drug-likeness (QED) is 0.639. The summed E-state index contributed by atoms with van der Waals surface area (Å²) in [6.07, 6.45) is 2.20. The molecular formula is C10H12N2O3S. The third-order valence-electron chi connectivity index (χ3n) is 1.51. The molecule has 1 heterocycles. The molecule has 0 aromatic carbocycles. The van der Waals surface area contributed by atoms with Crippen LogP contribution in [0.15, 0.2) is 17.5 Å². The predicted octanol–water partition coefficient (Wildman–Crippen LogP) is 1.51. The van der Waals surface area contributed by atoms with Gasteiger partial charge in [-0.2, -0.15) is 0 Å². The lowest BCUT2D eigenvalue weighted by Gasteiger charge is -1.96. The Hall–Kier alpha value is -1.69. The first-order valence-electron chi connectivity index (χ1n) is 4.69. The van der Waals surface area contributed by atoms with Crippen molar-refractivity contribution in [3.8, 4) is 0 Å². The summed E-state index contributed by atoms with van der Waals surface area (Å²) < 4.78 is 4.63. The Morgan fingerprint density at radius 2 is 2.31 bits per heavy atom. The Labute approximate surface area is 97.1 Å². The van der Waals surface area contributed by atoms with Crippen LogP contribution >= 0.6 is 11.3 Å². The summed E-state index contributed by atoms with van der Waals surface area (Å²) in [6, 6.07) is 0. The van der Waals surface area contributed by atoms with Crippen molar-refractivity contribution in [2.75, 3.05) is 11.9 Å². The van der Waals surface area contributed by atoms with E-state index in [1.54, 1.807) is 6.92 Å². The van der Waals surface area contributed by atoms with E-state index >= 15 is 0 Å².